The molecule has 1 aromatic carbocycles. The van der Waals surface area contributed by atoms with Gasteiger partial charge < -0.3 is 14.8 Å². The van der Waals surface area contributed by atoms with Gasteiger partial charge in [0.2, 0.25) is 0 Å². The first-order valence-electron chi connectivity index (χ1n) is 6.90. The topological polar surface area (TPSA) is 30.5 Å². The van der Waals surface area contributed by atoms with Gasteiger partial charge >= 0.3 is 0 Å². The van der Waals surface area contributed by atoms with E-state index in [4.69, 9.17) is 9.47 Å². The molecular formula is C16H19NO2S. The van der Waals surface area contributed by atoms with E-state index in [0.717, 1.165) is 18.0 Å². The van der Waals surface area contributed by atoms with Gasteiger partial charge in [-0.2, -0.15) is 0 Å². The van der Waals surface area contributed by atoms with E-state index in [1.165, 1.54) is 16.0 Å². The van der Waals surface area contributed by atoms with Gasteiger partial charge in [-0.3, -0.25) is 0 Å². The van der Waals surface area contributed by atoms with Crippen molar-refractivity contribution in [1.29, 1.82) is 0 Å². The van der Waals surface area contributed by atoms with Crippen molar-refractivity contribution in [3.63, 3.8) is 0 Å². The Morgan fingerprint density at radius 2 is 2.00 bits per heavy atom. The van der Waals surface area contributed by atoms with Crippen molar-refractivity contribution in [3.8, 4) is 11.5 Å². The fraction of sp³-hybridized carbons (Fsp3) is 0.375. The first kappa shape index (κ1) is 13.5. The van der Waals surface area contributed by atoms with Crippen LogP contribution in [0.5, 0.6) is 11.5 Å². The number of thiophene rings is 1. The highest BCUT2D eigenvalue weighted by atomic mass is 32.1. The summed E-state index contributed by atoms with van der Waals surface area (Å²) in [6.07, 6.45) is 0. The molecule has 1 aliphatic heterocycles. The second-order valence-electron chi connectivity index (χ2n) is 5.03. The van der Waals surface area contributed by atoms with Gasteiger partial charge in [-0.05, 0) is 48.6 Å². The van der Waals surface area contributed by atoms with Crippen LogP contribution in [-0.2, 0) is 6.54 Å². The van der Waals surface area contributed by atoms with Crippen LogP contribution in [0.3, 0.4) is 0 Å². The average Bonchev–Trinajstić information content (AvgIpc) is 2.89. The van der Waals surface area contributed by atoms with Crippen LogP contribution < -0.4 is 14.8 Å². The minimum atomic E-state index is 0.285. The van der Waals surface area contributed by atoms with Crippen molar-refractivity contribution in [1.82, 2.24) is 5.32 Å². The molecule has 0 amide bonds. The smallest absolute Gasteiger partial charge is 0.161 e. The van der Waals surface area contributed by atoms with E-state index in [-0.39, 0.29) is 6.04 Å². The van der Waals surface area contributed by atoms with E-state index >= 15 is 0 Å². The molecule has 0 spiro atoms. The molecule has 2 heterocycles. The Labute approximate surface area is 123 Å². The quantitative estimate of drug-likeness (QED) is 0.931. The van der Waals surface area contributed by atoms with Crippen LogP contribution in [0.1, 0.15) is 29.0 Å². The van der Waals surface area contributed by atoms with Gasteiger partial charge in [-0.15, -0.1) is 11.3 Å². The third-order valence-electron chi connectivity index (χ3n) is 3.60. The molecule has 1 atom stereocenters. The standard InChI is InChI=1S/C16H19NO2S/c1-11-5-8-20-16(11)10-17-12(2)13-3-4-14-15(9-13)19-7-6-18-14/h3-5,8-9,12,17H,6-7,10H2,1-2H3. The monoisotopic (exact) mass is 289 g/mol. The number of fused-ring (bicyclic) bond motifs is 1. The second kappa shape index (κ2) is 5.85. The Bertz CT molecular complexity index is 594. The van der Waals surface area contributed by atoms with Gasteiger partial charge in [0.1, 0.15) is 13.2 Å². The van der Waals surface area contributed by atoms with Crippen LogP contribution in [0.25, 0.3) is 0 Å². The average molecular weight is 289 g/mol. The predicted octanol–water partition coefficient (Wildman–Crippen LogP) is 3.68. The van der Waals surface area contributed by atoms with Gasteiger partial charge in [0.25, 0.3) is 0 Å². The minimum Gasteiger partial charge on any atom is -0.486 e. The molecule has 0 saturated carbocycles. The molecule has 0 saturated heterocycles. The number of hydrogen-bond acceptors (Lipinski definition) is 4. The minimum absolute atomic E-state index is 0.285. The Morgan fingerprint density at radius 1 is 1.20 bits per heavy atom. The maximum absolute atomic E-state index is 5.63. The number of aryl methyl sites for hydroxylation is 1. The maximum Gasteiger partial charge on any atom is 0.161 e. The lowest BCUT2D eigenvalue weighted by atomic mass is 10.1. The fourth-order valence-electron chi connectivity index (χ4n) is 2.28. The van der Waals surface area contributed by atoms with Crippen molar-refractivity contribution >= 4 is 11.3 Å². The Balaban J connectivity index is 1.67. The highest BCUT2D eigenvalue weighted by Crippen LogP contribution is 2.32. The normalized spacial score (nSPS) is 15.1. The zero-order valence-electron chi connectivity index (χ0n) is 11.8. The van der Waals surface area contributed by atoms with E-state index in [1.54, 1.807) is 11.3 Å². The zero-order valence-corrected chi connectivity index (χ0v) is 12.6. The molecule has 0 fully saturated rings. The fourth-order valence-corrected chi connectivity index (χ4v) is 3.14. The first-order valence-corrected chi connectivity index (χ1v) is 7.78. The maximum atomic E-state index is 5.63. The highest BCUT2D eigenvalue weighted by molar-refractivity contribution is 7.10. The summed E-state index contributed by atoms with van der Waals surface area (Å²) in [7, 11) is 0. The third-order valence-corrected chi connectivity index (χ3v) is 4.63. The van der Waals surface area contributed by atoms with Crippen LogP contribution in [0, 0.1) is 6.92 Å². The number of hydrogen-bond donors (Lipinski definition) is 1. The molecule has 3 nitrogen and oxygen atoms in total. The molecule has 1 N–H and O–H groups in total. The molecule has 4 heteroatoms. The zero-order chi connectivity index (χ0) is 13.9. The molecule has 1 unspecified atom stereocenters. The van der Waals surface area contributed by atoms with Crippen LogP contribution in [0.2, 0.25) is 0 Å². The SMILES string of the molecule is Cc1ccsc1CNC(C)c1ccc2c(c1)OCCO2. The molecule has 106 valence electrons. The molecule has 0 bridgehead atoms. The van der Waals surface area contributed by atoms with Crippen molar-refractivity contribution in [2.75, 3.05) is 13.2 Å². The second-order valence-corrected chi connectivity index (χ2v) is 6.03. The summed E-state index contributed by atoms with van der Waals surface area (Å²) < 4.78 is 11.2. The number of benzene rings is 1. The number of rotatable bonds is 4. The lowest BCUT2D eigenvalue weighted by Gasteiger charge is -2.21. The summed E-state index contributed by atoms with van der Waals surface area (Å²) in [4.78, 5) is 1.40. The third kappa shape index (κ3) is 2.81. The lowest BCUT2D eigenvalue weighted by molar-refractivity contribution is 0.171. The van der Waals surface area contributed by atoms with E-state index < -0.39 is 0 Å². The van der Waals surface area contributed by atoms with Crippen molar-refractivity contribution in [2.45, 2.75) is 26.4 Å². The molecule has 20 heavy (non-hydrogen) atoms. The Hall–Kier alpha value is -1.52. The van der Waals surface area contributed by atoms with Gasteiger partial charge in [0.05, 0.1) is 0 Å². The Kier molecular flexibility index (Phi) is 3.94. The number of nitrogens with one attached hydrogen (secondary N) is 1. The summed E-state index contributed by atoms with van der Waals surface area (Å²) >= 11 is 1.80. The highest BCUT2D eigenvalue weighted by Gasteiger charge is 2.14. The van der Waals surface area contributed by atoms with Crippen LogP contribution in [-0.4, -0.2) is 13.2 Å². The molecule has 0 aliphatic carbocycles. The van der Waals surface area contributed by atoms with Gasteiger partial charge in [0, 0.05) is 17.5 Å². The molecule has 2 aromatic rings. The lowest BCUT2D eigenvalue weighted by Crippen LogP contribution is -2.19. The largest absolute Gasteiger partial charge is 0.486 e. The van der Waals surface area contributed by atoms with Crippen molar-refractivity contribution < 1.29 is 9.47 Å². The number of ether oxygens (including phenoxy) is 2. The van der Waals surface area contributed by atoms with E-state index in [0.29, 0.717) is 13.2 Å². The summed E-state index contributed by atoms with van der Waals surface area (Å²) in [6, 6.07) is 8.63. The van der Waals surface area contributed by atoms with E-state index in [9.17, 15) is 0 Å². The molecule has 1 aromatic heterocycles. The Morgan fingerprint density at radius 3 is 2.75 bits per heavy atom. The molecule has 3 rings (SSSR count). The summed E-state index contributed by atoms with van der Waals surface area (Å²) in [6.45, 7) is 6.50. The van der Waals surface area contributed by atoms with E-state index in [2.05, 4.69) is 42.7 Å². The molecule has 1 aliphatic rings. The van der Waals surface area contributed by atoms with Crippen LogP contribution in [0.4, 0.5) is 0 Å². The molecular weight excluding hydrogens is 270 g/mol. The van der Waals surface area contributed by atoms with E-state index in [1.807, 2.05) is 6.07 Å². The van der Waals surface area contributed by atoms with Crippen LogP contribution in [0.15, 0.2) is 29.6 Å². The van der Waals surface area contributed by atoms with Crippen LogP contribution >= 0.6 is 11.3 Å². The van der Waals surface area contributed by atoms with Gasteiger partial charge in [0.15, 0.2) is 11.5 Å². The van der Waals surface area contributed by atoms with Gasteiger partial charge in [-0.1, -0.05) is 6.07 Å². The molecule has 0 radical (unpaired) electrons. The first-order chi connectivity index (χ1) is 9.74. The van der Waals surface area contributed by atoms with Crippen molar-refractivity contribution in [2.24, 2.45) is 0 Å². The van der Waals surface area contributed by atoms with Gasteiger partial charge in [-0.25, -0.2) is 0 Å². The predicted molar refractivity (Wildman–Crippen MR) is 81.7 cm³/mol. The summed E-state index contributed by atoms with van der Waals surface area (Å²) in [5, 5.41) is 5.70. The van der Waals surface area contributed by atoms with Crippen molar-refractivity contribution in [3.05, 3.63) is 45.6 Å². The summed E-state index contributed by atoms with van der Waals surface area (Å²) in [5.41, 5.74) is 2.58. The summed E-state index contributed by atoms with van der Waals surface area (Å²) in [5.74, 6) is 1.70.